The molecular weight excluding hydrogens is 324 g/mol. The maximum absolute atomic E-state index is 11.5. The molecule has 0 unspecified atom stereocenters. The first-order valence-corrected chi connectivity index (χ1v) is 8.62. The van der Waals surface area contributed by atoms with Crippen LogP contribution in [0, 0.1) is 0 Å². The van der Waals surface area contributed by atoms with Gasteiger partial charge in [-0.05, 0) is 43.3 Å². The van der Waals surface area contributed by atoms with E-state index in [4.69, 9.17) is 9.47 Å². The Bertz CT molecular complexity index is 843. The molecule has 0 fully saturated rings. The lowest BCUT2D eigenvalue weighted by atomic mass is 10.2. The van der Waals surface area contributed by atoms with E-state index in [-0.39, 0.29) is 11.7 Å². The number of fused-ring (bicyclic) bond motifs is 1. The van der Waals surface area contributed by atoms with E-state index in [0.717, 1.165) is 27.6 Å². The van der Waals surface area contributed by atoms with Gasteiger partial charge in [0.15, 0.2) is 5.16 Å². The van der Waals surface area contributed by atoms with Crippen LogP contribution in [0.4, 0.5) is 0 Å². The van der Waals surface area contributed by atoms with E-state index in [1.54, 1.807) is 0 Å². The number of hydrogen-bond donors (Lipinski definition) is 0. The zero-order valence-corrected chi connectivity index (χ0v) is 14.4. The zero-order valence-electron chi connectivity index (χ0n) is 13.6. The third-order valence-corrected chi connectivity index (χ3v) is 4.39. The van der Waals surface area contributed by atoms with Crippen molar-refractivity contribution in [2.24, 2.45) is 0 Å². The SMILES string of the molecule is CCOc1ccc(-n2c(SCC(=O)OC)nc3ccccc32)cc1. The van der Waals surface area contributed by atoms with Gasteiger partial charge in [0.05, 0.1) is 30.5 Å². The van der Waals surface area contributed by atoms with E-state index >= 15 is 0 Å². The van der Waals surface area contributed by atoms with Crippen molar-refractivity contribution in [3.63, 3.8) is 0 Å². The number of methoxy groups -OCH3 is 1. The Labute approximate surface area is 144 Å². The molecule has 0 aliphatic rings. The normalized spacial score (nSPS) is 10.8. The molecule has 5 nitrogen and oxygen atoms in total. The fourth-order valence-electron chi connectivity index (χ4n) is 2.39. The number of rotatable bonds is 6. The van der Waals surface area contributed by atoms with Gasteiger partial charge in [-0.25, -0.2) is 4.98 Å². The number of imidazole rings is 1. The maximum Gasteiger partial charge on any atom is 0.316 e. The summed E-state index contributed by atoms with van der Waals surface area (Å²) in [5.41, 5.74) is 2.85. The predicted octanol–water partition coefficient (Wildman–Crippen LogP) is 3.69. The molecule has 3 aromatic rings. The van der Waals surface area contributed by atoms with Crippen molar-refractivity contribution in [1.82, 2.24) is 9.55 Å². The predicted molar refractivity (Wildman–Crippen MR) is 95.0 cm³/mol. The summed E-state index contributed by atoms with van der Waals surface area (Å²) >= 11 is 1.36. The van der Waals surface area contributed by atoms with Gasteiger partial charge in [-0.15, -0.1) is 0 Å². The topological polar surface area (TPSA) is 53.4 Å². The van der Waals surface area contributed by atoms with Gasteiger partial charge in [0.1, 0.15) is 5.75 Å². The molecule has 0 aliphatic carbocycles. The highest BCUT2D eigenvalue weighted by atomic mass is 32.2. The quantitative estimate of drug-likeness (QED) is 0.505. The third kappa shape index (κ3) is 3.38. The molecule has 0 amide bonds. The molecule has 0 aliphatic heterocycles. The van der Waals surface area contributed by atoms with Crippen molar-refractivity contribution in [1.29, 1.82) is 0 Å². The van der Waals surface area contributed by atoms with E-state index in [1.807, 2.05) is 60.0 Å². The van der Waals surface area contributed by atoms with Crippen molar-refractivity contribution in [2.75, 3.05) is 19.5 Å². The van der Waals surface area contributed by atoms with Crippen molar-refractivity contribution in [3.8, 4) is 11.4 Å². The van der Waals surface area contributed by atoms with Gasteiger partial charge in [-0.1, -0.05) is 23.9 Å². The number of aromatic nitrogens is 2. The van der Waals surface area contributed by atoms with E-state index in [1.165, 1.54) is 18.9 Å². The molecule has 0 saturated carbocycles. The number of ether oxygens (including phenoxy) is 2. The van der Waals surface area contributed by atoms with Gasteiger partial charge in [0.25, 0.3) is 0 Å². The molecule has 1 aromatic heterocycles. The van der Waals surface area contributed by atoms with Crippen LogP contribution in [0.25, 0.3) is 16.7 Å². The van der Waals surface area contributed by atoms with Crippen LogP contribution in [0.2, 0.25) is 0 Å². The van der Waals surface area contributed by atoms with Gasteiger partial charge in [-0.3, -0.25) is 9.36 Å². The molecule has 1 heterocycles. The Morgan fingerprint density at radius 3 is 2.62 bits per heavy atom. The molecular formula is C18H18N2O3S. The molecule has 6 heteroatoms. The number of benzene rings is 2. The largest absolute Gasteiger partial charge is 0.494 e. The monoisotopic (exact) mass is 342 g/mol. The van der Waals surface area contributed by atoms with Gasteiger partial charge in [0.2, 0.25) is 0 Å². The Hall–Kier alpha value is -2.47. The van der Waals surface area contributed by atoms with Gasteiger partial charge >= 0.3 is 5.97 Å². The average Bonchev–Trinajstić information content (AvgIpc) is 2.99. The molecule has 2 aromatic carbocycles. The summed E-state index contributed by atoms with van der Waals surface area (Å²) in [6.07, 6.45) is 0. The zero-order chi connectivity index (χ0) is 16.9. The fourth-order valence-corrected chi connectivity index (χ4v) is 3.25. The molecule has 0 bridgehead atoms. The first kappa shape index (κ1) is 16.4. The highest BCUT2D eigenvalue weighted by Crippen LogP contribution is 2.28. The summed E-state index contributed by atoms with van der Waals surface area (Å²) in [4.78, 5) is 16.1. The summed E-state index contributed by atoms with van der Waals surface area (Å²) in [5, 5.41) is 0.755. The molecule has 0 N–H and O–H groups in total. The molecule has 3 rings (SSSR count). The van der Waals surface area contributed by atoms with Gasteiger partial charge < -0.3 is 9.47 Å². The first-order valence-electron chi connectivity index (χ1n) is 7.63. The standard InChI is InChI=1S/C18H18N2O3S/c1-3-23-14-10-8-13(9-11-14)20-16-7-5-4-6-15(16)19-18(20)24-12-17(21)22-2/h4-11H,3,12H2,1-2H3. The summed E-state index contributed by atoms with van der Waals surface area (Å²) in [6.45, 7) is 2.59. The van der Waals surface area contributed by atoms with Crippen molar-refractivity contribution in [3.05, 3.63) is 48.5 Å². The Kier molecular flexibility index (Phi) is 5.05. The van der Waals surface area contributed by atoms with Crippen LogP contribution in [0.15, 0.2) is 53.7 Å². The van der Waals surface area contributed by atoms with E-state index in [0.29, 0.717) is 6.61 Å². The summed E-state index contributed by atoms with van der Waals surface area (Å²) in [7, 11) is 1.39. The van der Waals surface area contributed by atoms with Gasteiger partial charge in [0, 0.05) is 5.69 Å². The first-order chi connectivity index (χ1) is 11.7. The fraction of sp³-hybridized carbons (Fsp3) is 0.222. The van der Waals surface area contributed by atoms with Crippen LogP contribution in [0.1, 0.15) is 6.92 Å². The second kappa shape index (κ2) is 7.40. The molecule has 24 heavy (non-hydrogen) atoms. The minimum atomic E-state index is -0.273. The number of thioether (sulfide) groups is 1. The molecule has 0 spiro atoms. The van der Waals surface area contributed by atoms with Crippen molar-refractivity contribution < 1.29 is 14.3 Å². The lowest BCUT2D eigenvalue weighted by Gasteiger charge is -2.10. The van der Waals surface area contributed by atoms with Crippen molar-refractivity contribution >= 4 is 28.8 Å². The van der Waals surface area contributed by atoms with E-state index in [9.17, 15) is 4.79 Å². The second-order valence-corrected chi connectivity index (χ2v) is 5.95. The molecule has 0 radical (unpaired) electrons. The smallest absolute Gasteiger partial charge is 0.316 e. The highest BCUT2D eigenvalue weighted by molar-refractivity contribution is 7.99. The van der Waals surface area contributed by atoms with Gasteiger partial charge in [-0.2, -0.15) is 0 Å². The summed E-state index contributed by atoms with van der Waals surface area (Å²) in [5.74, 6) is 0.774. The van der Waals surface area contributed by atoms with E-state index in [2.05, 4.69) is 4.98 Å². The van der Waals surface area contributed by atoms with Crippen LogP contribution >= 0.6 is 11.8 Å². The summed E-state index contributed by atoms with van der Waals surface area (Å²) in [6, 6.07) is 15.7. The number of carbonyl (C=O) groups excluding carboxylic acids is 1. The average molecular weight is 342 g/mol. The highest BCUT2D eigenvalue weighted by Gasteiger charge is 2.14. The molecule has 124 valence electrons. The Balaban J connectivity index is 2.01. The second-order valence-electron chi connectivity index (χ2n) is 5.01. The lowest BCUT2D eigenvalue weighted by Crippen LogP contribution is -2.05. The van der Waals surface area contributed by atoms with Crippen LogP contribution in [-0.2, 0) is 9.53 Å². The van der Waals surface area contributed by atoms with Crippen molar-refractivity contribution in [2.45, 2.75) is 12.1 Å². The number of hydrogen-bond acceptors (Lipinski definition) is 5. The Morgan fingerprint density at radius 2 is 1.92 bits per heavy atom. The number of nitrogens with zero attached hydrogens (tertiary/aromatic N) is 2. The summed E-state index contributed by atoms with van der Waals surface area (Å²) < 4.78 is 12.3. The number of carbonyl (C=O) groups is 1. The van der Waals surface area contributed by atoms with Crippen LogP contribution in [0.5, 0.6) is 5.75 Å². The minimum absolute atomic E-state index is 0.219. The third-order valence-electron chi connectivity index (χ3n) is 3.48. The molecule has 0 atom stereocenters. The molecule has 0 saturated heterocycles. The Morgan fingerprint density at radius 1 is 1.17 bits per heavy atom. The number of esters is 1. The van der Waals surface area contributed by atoms with Crippen LogP contribution in [0.3, 0.4) is 0 Å². The number of para-hydroxylation sites is 2. The van der Waals surface area contributed by atoms with Crippen LogP contribution < -0.4 is 4.74 Å². The minimum Gasteiger partial charge on any atom is -0.494 e. The lowest BCUT2D eigenvalue weighted by molar-refractivity contribution is -0.137. The maximum atomic E-state index is 11.5. The van der Waals surface area contributed by atoms with E-state index < -0.39 is 0 Å². The van der Waals surface area contributed by atoms with Crippen LogP contribution in [-0.4, -0.2) is 35.0 Å².